The quantitative estimate of drug-likeness (QED) is 0.811. The zero-order valence-electron chi connectivity index (χ0n) is 13.3. The molecule has 2 heterocycles. The molecule has 2 aliphatic heterocycles. The Bertz CT molecular complexity index is 390. The normalized spacial score (nSPS) is 23.6. The van der Waals surface area contributed by atoms with E-state index in [-0.39, 0.29) is 12.5 Å². The van der Waals surface area contributed by atoms with Gasteiger partial charge in [-0.3, -0.25) is 4.79 Å². The smallest absolute Gasteiger partial charge is 0.266 e. The van der Waals surface area contributed by atoms with Gasteiger partial charge in [0.1, 0.15) is 0 Å². The van der Waals surface area contributed by atoms with E-state index in [1.807, 2.05) is 11.9 Å². The summed E-state index contributed by atoms with van der Waals surface area (Å²) in [5.41, 5.74) is 0.978. The van der Waals surface area contributed by atoms with Crippen molar-refractivity contribution in [2.45, 2.75) is 45.3 Å². The van der Waals surface area contributed by atoms with Gasteiger partial charge in [-0.1, -0.05) is 19.0 Å². The van der Waals surface area contributed by atoms with Crippen LogP contribution in [0.2, 0.25) is 0 Å². The number of aliphatic hydroxyl groups is 1. The third kappa shape index (κ3) is 3.95. The molecular weight excluding hydrogens is 270 g/mol. The Morgan fingerprint density at radius 2 is 2.14 bits per heavy atom. The first-order valence-electron chi connectivity index (χ1n) is 7.85. The van der Waals surface area contributed by atoms with Crippen LogP contribution < -0.4 is 0 Å². The monoisotopic (exact) mass is 297 g/mol. The van der Waals surface area contributed by atoms with Crippen LogP contribution in [0.1, 0.15) is 33.1 Å². The maximum absolute atomic E-state index is 12.4. The van der Waals surface area contributed by atoms with Crippen molar-refractivity contribution in [3.63, 3.8) is 0 Å². The number of nitrogens with zero attached hydrogens (tertiary/aromatic N) is 3. The van der Waals surface area contributed by atoms with Crippen LogP contribution in [0.25, 0.3) is 0 Å². The van der Waals surface area contributed by atoms with E-state index in [4.69, 9.17) is 9.94 Å². The molecule has 0 bridgehead atoms. The van der Waals surface area contributed by atoms with E-state index in [2.05, 4.69) is 23.9 Å². The molecule has 1 amide bonds. The third-order valence-corrected chi connectivity index (χ3v) is 4.49. The van der Waals surface area contributed by atoms with Gasteiger partial charge in [-0.2, -0.15) is 0 Å². The first-order chi connectivity index (χ1) is 10.0. The van der Waals surface area contributed by atoms with Gasteiger partial charge in [0, 0.05) is 32.1 Å². The summed E-state index contributed by atoms with van der Waals surface area (Å²) in [5.74, 6) is 0.401. The molecule has 1 fully saturated rings. The van der Waals surface area contributed by atoms with Crippen LogP contribution in [-0.4, -0.2) is 72.0 Å². The molecule has 0 saturated carbocycles. The fourth-order valence-corrected chi connectivity index (χ4v) is 2.94. The lowest BCUT2D eigenvalue weighted by Gasteiger charge is -2.37. The second-order valence-corrected chi connectivity index (χ2v) is 6.30. The average Bonchev–Trinajstić information content (AvgIpc) is 2.97. The molecule has 0 aromatic carbocycles. The van der Waals surface area contributed by atoms with Crippen LogP contribution >= 0.6 is 0 Å². The van der Waals surface area contributed by atoms with E-state index in [9.17, 15) is 4.79 Å². The molecule has 0 aliphatic carbocycles. The number of aliphatic hydroxyl groups excluding tert-OH is 1. The lowest BCUT2D eigenvalue weighted by atomic mass is 10.00. The number of likely N-dealkylation sites (N-methyl/N-ethyl adjacent to an activating group) is 1. The van der Waals surface area contributed by atoms with Gasteiger partial charge < -0.3 is 19.7 Å². The molecule has 0 radical (unpaired) electrons. The lowest BCUT2D eigenvalue weighted by molar-refractivity contribution is -0.143. The van der Waals surface area contributed by atoms with Gasteiger partial charge in [0.05, 0.1) is 12.3 Å². The molecule has 0 unspecified atom stereocenters. The maximum Gasteiger partial charge on any atom is 0.266 e. The topological polar surface area (TPSA) is 65.4 Å². The highest BCUT2D eigenvalue weighted by molar-refractivity contribution is 5.93. The Morgan fingerprint density at radius 3 is 2.67 bits per heavy atom. The van der Waals surface area contributed by atoms with Crippen molar-refractivity contribution in [1.82, 2.24) is 9.80 Å². The van der Waals surface area contributed by atoms with Crippen molar-refractivity contribution in [1.29, 1.82) is 0 Å². The number of oxime groups is 1. The predicted octanol–water partition coefficient (Wildman–Crippen LogP) is 0.702. The average molecular weight is 297 g/mol. The summed E-state index contributed by atoms with van der Waals surface area (Å²) < 4.78 is 0. The van der Waals surface area contributed by atoms with E-state index in [1.165, 1.54) is 0 Å². The highest BCUT2D eigenvalue weighted by Gasteiger charge is 2.34. The van der Waals surface area contributed by atoms with Crippen LogP contribution in [0.4, 0.5) is 0 Å². The number of hydrogen-bond donors (Lipinski definition) is 1. The van der Waals surface area contributed by atoms with E-state index >= 15 is 0 Å². The minimum Gasteiger partial charge on any atom is -0.395 e. The Morgan fingerprint density at radius 1 is 1.48 bits per heavy atom. The Labute approximate surface area is 126 Å². The third-order valence-electron chi connectivity index (χ3n) is 4.49. The lowest BCUT2D eigenvalue weighted by Crippen LogP contribution is -2.48. The van der Waals surface area contributed by atoms with Crippen molar-refractivity contribution in [3.05, 3.63) is 0 Å². The molecule has 2 rings (SSSR count). The fourth-order valence-electron chi connectivity index (χ4n) is 2.94. The standard InChI is InChI=1S/C15H27N3O3/c1-11(2)13-10-14(21-16-13)15(20)18-6-4-12(5-7-18)17(3)8-9-19/h11-12,14,19H,4-10H2,1-3H3/t14-/m1/s1. The van der Waals surface area contributed by atoms with Crippen LogP contribution in [0.15, 0.2) is 5.16 Å². The van der Waals surface area contributed by atoms with Gasteiger partial charge in [0.2, 0.25) is 6.10 Å². The summed E-state index contributed by atoms with van der Waals surface area (Å²) in [5, 5.41) is 13.0. The number of rotatable bonds is 5. The van der Waals surface area contributed by atoms with Crippen LogP contribution in [0.5, 0.6) is 0 Å². The highest BCUT2D eigenvalue weighted by atomic mass is 16.6. The highest BCUT2D eigenvalue weighted by Crippen LogP contribution is 2.21. The summed E-state index contributed by atoms with van der Waals surface area (Å²) in [6.45, 7) is 6.53. The molecule has 1 saturated heterocycles. The molecule has 1 atom stereocenters. The summed E-state index contributed by atoms with van der Waals surface area (Å²) in [6, 6.07) is 0.452. The first-order valence-corrected chi connectivity index (χ1v) is 7.85. The minimum absolute atomic E-state index is 0.0673. The number of carbonyl (C=O) groups excluding carboxylic acids is 1. The molecule has 0 spiro atoms. The summed E-state index contributed by atoms with van der Waals surface area (Å²) in [4.78, 5) is 21.8. The predicted molar refractivity (Wildman–Crippen MR) is 81.1 cm³/mol. The first kappa shape index (κ1) is 16.2. The molecular formula is C15H27N3O3. The Hall–Kier alpha value is -1.14. The molecule has 6 nitrogen and oxygen atoms in total. The van der Waals surface area contributed by atoms with Crippen molar-refractivity contribution in [2.75, 3.05) is 33.3 Å². The van der Waals surface area contributed by atoms with Gasteiger partial charge in [-0.05, 0) is 25.8 Å². The second-order valence-electron chi connectivity index (χ2n) is 6.30. The van der Waals surface area contributed by atoms with Gasteiger partial charge in [0.25, 0.3) is 5.91 Å². The number of likely N-dealkylation sites (tertiary alicyclic amines) is 1. The Kier molecular flexibility index (Phi) is 5.58. The van der Waals surface area contributed by atoms with E-state index in [0.717, 1.165) is 31.6 Å². The van der Waals surface area contributed by atoms with E-state index in [0.29, 0.717) is 24.9 Å². The molecule has 1 N–H and O–H groups in total. The largest absolute Gasteiger partial charge is 0.395 e. The van der Waals surface area contributed by atoms with Crippen molar-refractivity contribution in [2.24, 2.45) is 11.1 Å². The zero-order chi connectivity index (χ0) is 15.4. The number of piperidine rings is 1. The molecule has 2 aliphatic rings. The molecule has 0 aromatic rings. The fraction of sp³-hybridized carbons (Fsp3) is 0.867. The van der Waals surface area contributed by atoms with E-state index in [1.54, 1.807) is 0 Å². The number of amides is 1. The van der Waals surface area contributed by atoms with Crippen LogP contribution in [-0.2, 0) is 9.63 Å². The van der Waals surface area contributed by atoms with E-state index < -0.39 is 6.10 Å². The van der Waals surface area contributed by atoms with Crippen molar-refractivity contribution in [3.8, 4) is 0 Å². The summed E-state index contributed by atoms with van der Waals surface area (Å²) in [7, 11) is 2.03. The molecule has 120 valence electrons. The van der Waals surface area contributed by atoms with Crippen molar-refractivity contribution < 1.29 is 14.7 Å². The van der Waals surface area contributed by atoms with Gasteiger partial charge in [-0.15, -0.1) is 0 Å². The SMILES string of the molecule is CC(C)C1=NO[C@@H](C(=O)N2CCC(N(C)CCO)CC2)C1. The number of hydrogen-bond acceptors (Lipinski definition) is 5. The van der Waals surface area contributed by atoms with Crippen LogP contribution in [0, 0.1) is 5.92 Å². The van der Waals surface area contributed by atoms with Gasteiger partial charge in [-0.25, -0.2) is 0 Å². The zero-order valence-corrected chi connectivity index (χ0v) is 13.3. The summed E-state index contributed by atoms with van der Waals surface area (Å²) in [6.07, 6.45) is 2.11. The number of carbonyl (C=O) groups is 1. The summed E-state index contributed by atoms with van der Waals surface area (Å²) >= 11 is 0. The minimum atomic E-state index is -0.422. The second kappa shape index (κ2) is 7.22. The molecule has 0 aromatic heterocycles. The van der Waals surface area contributed by atoms with Gasteiger partial charge >= 0.3 is 0 Å². The molecule has 6 heteroatoms. The molecule has 21 heavy (non-hydrogen) atoms. The van der Waals surface area contributed by atoms with Crippen molar-refractivity contribution >= 4 is 11.6 Å². The van der Waals surface area contributed by atoms with Gasteiger partial charge in [0.15, 0.2) is 0 Å². The maximum atomic E-state index is 12.4. The Balaban J connectivity index is 1.79. The van der Waals surface area contributed by atoms with Crippen LogP contribution in [0.3, 0.4) is 0 Å².